The SMILES string of the molecule is CC(=O)NC(CS)C(=O)O.NCCCC(N)C(=O)O. The summed E-state index contributed by atoms with van der Waals surface area (Å²) in [5, 5.41) is 18.8. The number of hydrogen-bond donors (Lipinski definition) is 6. The van der Waals surface area contributed by atoms with Crippen LogP contribution >= 0.6 is 12.6 Å². The number of carbonyl (C=O) groups excluding carboxylic acids is 1. The molecule has 0 aromatic rings. The van der Waals surface area contributed by atoms with Crippen LogP contribution in [-0.2, 0) is 14.4 Å². The molecule has 0 aliphatic rings. The summed E-state index contributed by atoms with van der Waals surface area (Å²) in [6.07, 6.45) is 1.14. The highest BCUT2D eigenvalue weighted by Crippen LogP contribution is 1.91. The smallest absolute Gasteiger partial charge is 0.327 e. The van der Waals surface area contributed by atoms with Crippen LogP contribution in [0.25, 0.3) is 0 Å². The van der Waals surface area contributed by atoms with Gasteiger partial charge in [0.1, 0.15) is 12.1 Å². The molecule has 0 aromatic carbocycles. The van der Waals surface area contributed by atoms with Gasteiger partial charge in [-0.3, -0.25) is 9.59 Å². The number of rotatable bonds is 7. The Balaban J connectivity index is 0. The molecule has 8 nitrogen and oxygen atoms in total. The van der Waals surface area contributed by atoms with Gasteiger partial charge in [-0.25, -0.2) is 4.79 Å². The first-order valence-corrected chi connectivity index (χ1v) is 6.18. The first-order valence-electron chi connectivity index (χ1n) is 5.55. The maximum atomic E-state index is 10.3. The van der Waals surface area contributed by atoms with Gasteiger partial charge in [0.25, 0.3) is 0 Å². The van der Waals surface area contributed by atoms with Gasteiger partial charge >= 0.3 is 11.9 Å². The molecule has 0 fully saturated rings. The Morgan fingerprint density at radius 1 is 1.26 bits per heavy atom. The summed E-state index contributed by atoms with van der Waals surface area (Å²) in [6, 6.07) is -1.62. The summed E-state index contributed by atoms with van der Waals surface area (Å²) in [6.45, 7) is 1.76. The van der Waals surface area contributed by atoms with Crippen LogP contribution in [-0.4, -0.2) is 52.4 Å². The molecule has 2 atom stereocenters. The number of carboxylic acid groups (broad SMARTS) is 2. The predicted molar refractivity (Wildman–Crippen MR) is 73.0 cm³/mol. The third-order valence-corrected chi connectivity index (χ3v) is 2.26. The lowest BCUT2D eigenvalue weighted by atomic mass is 10.2. The zero-order valence-electron chi connectivity index (χ0n) is 10.7. The summed E-state index contributed by atoms with van der Waals surface area (Å²) in [4.78, 5) is 30.6. The number of carboxylic acids is 2. The molecule has 0 aliphatic heterocycles. The van der Waals surface area contributed by atoms with Crippen LogP contribution in [0.1, 0.15) is 19.8 Å². The summed E-state index contributed by atoms with van der Waals surface area (Å²) >= 11 is 3.73. The van der Waals surface area contributed by atoms with Gasteiger partial charge in [-0.05, 0) is 19.4 Å². The van der Waals surface area contributed by atoms with Crippen molar-refractivity contribution in [3.63, 3.8) is 0 Å². The number of nitrogens with one attached hydrogen (secondary N) is 1. The number of amides is 1. The molecule has 0 radical (unpaired) electrons. The minimum atomic E-state index is -1.06. The molecule has 0 saturated carbocycles. The minimum Gasteiger partial charge on any atom is -0.480 e. The van der Waals surface area contributed by atoms with Gasteiger partial charge < -0.3 is 27.0 Å². The molecule has 0 rings (SSSR count). The highest BCUT2D eigenvalue weighted by molar-refractivity contribution is 7.80. The van der Waals surface area contributed by atoms with Crippen LogP contribution in [0.4, 0.5) is 0 Å². The van der Waals surface area contributed by atoms with Crippen molar-refractivity contribution in [3.05, 3.63) is 0 Å². The van der Waals surface area contributed by atoms with Crippen molar-refractivity contribution in [2.24, 2.45) is 11.5 Å². The second-order valence-corrected chi connectivity index (χ2v) is 4.01. The van der Waals surface area contributed by atoms with E-state index >= 15 is 0 Å². The lowest BCUT2D eigenvalue weighted by Crippen LogP contribution is -2.40. The van der Waals surface area contributed by atoms with Gasteiger partial charge in [0, 0.05) is 12.7 Å². The van der Waals surface area contributed by atoms with E-state index in [4.69, 9.17) is 21.7 Å². The highest BCUT2D eigenvalue weighted by atomic mass is 32.1. The van der Waals surface area contributed by atoms with Crippen molar-refractivity contribution >= 4 is 30.5 Å². The van der Waals surface area contributed by atoms with Crippen molar-refractivity contribution in [3.8, 4) is 0 Å². The van der Waals surface area contributed by atoms with Gasteiger partial charge in [-0.15, -0.1) is 0 Å². The second kappa shape index (κ2) is 11.8. The van der Waals surface area contributed by atoms with E-state index in [-0.39, 0.29) is 11.7 Å². The van der Waals surface area contributed by atoms with Crippen molar-refractivity contribution in [2.75, 3.05) is 12.3 Å². The number of hydrogen-bond acceptors (Lipinski definition) is 6. The van der Waals surface area contributed by atoms with Gasteiger partial charge in [-0.2, -0.15) is 12.6 Å². The topological polar surface area (TPSA) is 156 Å². The van der Waals surface area contributed by atoms with E-state index < -0.39 is 24.0 Å². The molecule has 0 heterocycles. The Morgan fingerprint density at radius 2 is 1.79 bits per heavy atom. The summed E-state index contributed by atoms with van der Waals surface area (Å²) in [7, 11) is 0. The fourth-order valence-electron chi connectivity index (χ4n) is 0.892. The van der Waals surface area contributed by atoms with Gasteiger partial charge in [-0.1, -0.05) is 0 Å². The van der Waals surface area contributed by atoms with E-state index in [9.17, 15) is 14.4 Å². The first-order chi connectivity index (χ1) is 8.76. The van der Waals surface area contributed by atoms with Crippen molar-refractivity contribution < 1.29 is 24.6 Å². The van der Waals surface area contributed by atoms with Crippen molar-refractivity contribution in [2.45, 2.75) is 31.8 Å². The molecule has 19 heavy (non-hydrogen) atoms. The summed E-state index contributed by atoms with van der Waals surface area (Å²) in [5.74, 6) is -2.27. The van der Waals surface area contributed by atoms with Gasteiger partial charge in [0.05, 0.1) is 0 Å². The Bertz CT molecular complexity index is 301. The van der Waals surface area contributed by atoms with Crippen LogP contribution in [0.15, 0.2) is 0 Å². The van der Waals surface area contributed by atoms with Crippen molar-refractivity contribution in [1.29, 1.82) is 0 Å². The quantitative estimate of drug-likeness (QED) is 0.317. The monoisotopic (exact) mass is 295 g/mol. The number of aliphatic carboxylic acids is 2. The van der Waals surface area contributed by atoms with Crippen LogP contribution < -0.4 is 16.8 Å². The average molecular weight is 295 g/mol. The molecular formula is C10H21N3O5S. The average Bonchev–Trinajstić information content (AvgIpc) is 2.32. The molecule has 1 amide bonds. The maximum absolute atomic E-state index is 10.3. The van der Waals surface area contributed by atoms with Gasteiger partial charge in [0.15, 0.2) is 0 Å². The van der Waals surface area contributed by atoms with E-state index in [1.807, 2.05) is 0 Å². The molecule has 0 aromatic heterocycles. The standard InChI is InChI=1S/C5H12N2O2.C5H9NO3S/c6-3-1-2-4(7)5(8)9;1-3(7)6-4(2-10)5(8)9/h4H,1-3,6-7H2,(H,8,9);4,10H,2H2,1H3,(H,6,7)(H,8,9). The van der Waals surface area contributed by atoms with Crippen molar-refractivity contribution in [1.82, 2.24) is 5.32 Å². The molecule has 0 bridgehead atoms. The summed E-state index contributed by atoms with van der Waals surface area (Å²) in [5.41, 5.74) is 10.3. The van der Waals surface area contributed by atoms with Crippen LogP contribution in [0.3, 0.4) is 0 Å². The summed E-state index contributed by atoms with van der Waals surface area (Å²) < 4.78 is 0. The van der Waals surface area contributed by atoms with Gasteiger partial charge in [0.2, 0.25) is 5.91 Å². The van der Waals surface area contributed by atoms with E-state index in [1.54, 1.807) is 0 Å². The molecule has 0 saturated heterocycles. The Hall–Kier alpha value is -1.32. The zero-order valence-corrected chi connectivity index (χ0v) is 11.6. The normalized spacial score (nSPS) is 12.6. The second-order valence-electron chi connectivity index (χ2n) is 3.65. The maximum Gasteiger partial charge on any atom is 0.327 e. The third kappa shape index (κ3) is 12.9. The lowest BCUT2D eigenvalue weighted by molar-refractivity contribution is -0.141. The zero-order chi connectivity index (χ0) is 15.4. The fourth-order valence-corrected chi connectivity index (χ4v) is 1.14. The van der Waals surface area contributed by atoms with E-state index in [2.05, 4.69) is 17.9 Å². The number of nitrogens with two attached hydrogens (primary N) is 2. The molecule has 112 valence electrons. The lowest BCUT2D eigenvalue weighted by Gasteiger charge is -2.08. The third-order valence-electron chi connectivity index (χ3n) is 1.89. The predicted octanol–water partition coefficient (Wildman–Crippen LogP) is -1.36. The largest absolute Gasteiger partial charge is 0.480 e. The van der Waals surface area contributed by atoms with Crippen LogP contribution in [0, 0.1) is 0 Å². The van der Waals surface area contributed by atoms with Crippen LogP contribution in [0.2, 0.25) is 0 Å². The highest BCUT2D eigenvalue weighted by Gasteiger charge is 2.15. The van der Waals surface area contributed by atoms with E-state index in [1.165, 1.54) is 6.92 Å². The number of carbonyl (C=O) groups is 3. The fraction of sp³-hybridized carbons (Fsp3) is 0.700. The van der Waals surface area contributed by atoms with Crippen LogP contribution in [0.5, 0.6) is 0 Å². The Morgan fingerprint density at radius 3 is 2.00 bits per heavy atom. The minimum absolute atomic E-state index is 0.106. The molecule has 2 unspecified atom stereocenters. The molecular weight excluding hydrogens is 274 g/mol. The van der Waals surface area contributed by atoms with E-state index in [0.29, 0.717) is 19.4 Å². The first kappa shape index (κ1) is 20.0. The van der Waals surface area contributed by atoms with E-state index in [0.717, 1.165) is 0 Å². The molecule has 7 N–H and O–H groups in total. The number of thiol groups is 1. The molecule has 0 aliphatic carbocycles. The Kier molecular flexibility index (Phi) is 12.4. The molecule has 0 spiro atoms. The molecule has 9 heteroatoms. The Labute approximate surface area is 116 Å².